The second-order valence-corrected chi connectivity index (χ2v) is 7.53. The number of thiazole rings is 1. The largest absolute Gasteiger partial charge is 0.497 e. The molecule has 148 valence electrons. The number of amides is 1. The molecule has 28 heavy (non-hydrogen) atoms. The van der Waals surface area contributed by atoms with Crippen LogP contribution in [-0.4, -0.2) is 27.8 Å². The summed E-state index contributed by atoms with van der Waals surface area (Å²) in [6.07, 6.45) is 2.71. The molecule has 0 radical (unpaired) electrons. The summed E-state index contributed by atoms with van der Waals surface area (Å²) in [5, 5.41) is 6.40. The van der Waals surface area contributed by atoms with E-state index in [0.717, 1.165) is 30.5 Å². The molecule has 0 bridgehead atoms. The van der Waals surface area contributed by atoms with Crippen LogP contribution < -0.4 is 15.6 Å². The third-order valence-corrected chi connectivity index (χ3v) is 5.63. The Morgan fingerprint density at radius 3 is 2.86 bits per heavy atom. The Labute approximate surface area is 167 Å². The van der Waals surface area contributed by atoms with E-state index in [2.05, 4.69) is 22.3 Å². The molecule has 0 aliphatic rings. The standard InChI is InChI=1S/C20H24N4O3S/c1-5-6-10-16-12(2)23-24(19(16)26)20-21-13(3)17(28-20)18(25)22-14-8-7-9-15(11-14)27-4/h7-9,11,23H,5-6,10H2,1-4H3,(H,22,25). The van der Waals surface area contributed by atoms with Crippen LogP contribution in [0.1, 0.15) is 46.4 Å². The minimum absolute atomic E-state index is 0.0977. The molecule has 8 heteroatoms. The number of H-pyrrole nitrogens is 1. The second-order valence-electron chi connectivity index (χ2n) is 6.56. The fourth-order valence-corrected chi connectivity index (χ4v) is 3.86. The number of rotatable bonds is 7. The monoisotopic (exact) mass is 400 g/mol. The van der Waals surface area contributed by atoms with Crippen molar-refractivity contribution < 1.29 is 9.53 Å². The van der Waals surface area contributed by atoms with Gasteiger partial charge >= 0.3 is 0 Å². The highest BCUT2D eigenvalue weighted by Crippen LogP contribution is 2.23. The van der Waals surface area contributed by atoms with Crippen molar-refractivity contribution >= 4 is 22.9 Å². The number of carbonyl (C=O) groups excluding carboxylic acids is 1. The van der Waals surface area contributed by atoms with Gasteiger partial charge in [0.25, 0.3) is 11.5 Å². The van der Waals surface area contributed by atoms with Gasteiger partial charge in [-0.1, -0.05) is 30.7 Å². The normalized spacial score (nSPS) is 10.9. The first kappa shape index (κ1) is 19.9. The molecule has 2 aromatic heterocycles. The minimum Gasteiger partial charge on any atom is -0.497 e. The highest BCUT2D eigenvalue weighted by molar-refractivity contribution is 7.16. The molecule has 0 atom stereocenters. The maximum Gasteiger partial charge on any atom is 0.276 e. The number of hydrogen-bond donors (Lipinski definition) is 2. The maximum absolute atomic E-state index is 12.7. The van der Waals surface area contributed by atoms with Crippen molar-refractivity contribution in [2.24, 2.45) is 0 Å². The van der Waals surface area contributed by atoms with Gasteiger partial charge in [-0.3, -0.25) is 14.7 Å². The van der Waals surface area contributed by atoms with Crippen LogP contribution in [0.2, 0.25) is 0 Å². The number of aryl methyl sites for hydroxylation is 2. The van der Waals surface area contributed by atoms with Crippen molar-refractivity contribution in [1.82, 2.24) is 14.8 Å². The van der Waals surface area contributed by atoms with E-state index in [9.17, 15) is 9.59 Å². The molecule has 0 fully saturated rings. The first-order valence-electron chi connectivity index (χ1n) is 9.18. The Balaban J connectivity index is 1.87. The lowest BCUT2D eigenvalue weighted by molar-refractivity contribution is 0.103. The Hall–Kier alpha value is -2.87. The van der Waals surface area contributed by atoms with E-state index in [-0.39, 0.29) is 11.5 Å². The van der Waals surface area contributed by atoms with Gasteiger partial charge in [-0.25, -0.2) is 4.98 Å². The fraction of sp³-hybridized carbons (Fsp3) is 0.350. The maximum atomic E-state index is 12.7. The number of methoxy groups -OCH3 is 1. The Morgan fingerprint density at radius 2 is 2.14 bits per heavy atom. The van der Waals surface area contributed by atoms with Crippen LogP contribution in [0.5, 0.6) is 5.75 Å². The van der Waals surface area contributed by atoms with Crippen LogP contribution in [0.15, 0.2) is 29.1 Å². The average molecular weight is 401 g/mol. The molecular weight excluding hydrogens is 376 g/mol. The smallest absolute Gasteiger partial charge is 0.276 e. The van der Waals surface area contributed by atoms with Crippen molar-refractivity contribution in [3.63, 3.8) is 0 Å². The van der Waals surface area contributed by atoms with Crippen LogP contribution >= 0.6 is 11.3 Å². The van der Waals surface area contributed by atoms with E-state index in [1.165, 1.54) is 16.0 Å². The number of aromatic nitrogens is 3. The molecular formula is C20H24N4O3S. The Bertz CT molecular complexity index is 1050. The van der Waals surface area contributed by atoms with Crippen LogP contribution in [0.4, 0.5) is 5.69 Å². The van der Waals surface area contributed by atoms with Crippen molar-refractivity contribution in [1.29, 1.82) is 0 Å². The van der Waals surface area contributed by atoms with Gasteiger partial charge in [0, 0.05) is 23.0 Å². The third-order valence-electron chi connectivity index (χ3n) is 4.48. The highest BCUT2D eigenvalue weighted by atomic mass is 32.1. The summed E-state index contributed by atoms with van der Waals surface area (Å²) in [6.45, 7) is 5.75. The predicted octanol–water partition coefficient (Wildman–Crippen LogP) is 3.84. The van der Waals surface area contributed by atoms with Crippen LogP contribution in [0.3, 0.4) is 0 Å². The zero-order valence-electron chi connectivity index (χ0n) is 16.5. The number of ether oxygens (including phenoxy) is 1. The minimum atomic E-state index is -0.267. The molecule has 0 saturated heterocycles. The molecule has 7 nitrogen and oxygen atoms in total. The summed E-state index contributed by atoms with van der Waals surface area (Å²) in [5.41, 5.74) is 2.73. The number of unbranched alkanes of at least 4 members (excludes halogenated alkanes) is 1. The number of anilines is 1. The molecule has 2 N–H and O–H groups in total. The molecule has 0 unspecified atom stereocenters. The van der Waals surface area contributed by atoms with Crippen molar-refractivity contribution in [2.75, 3.05) is 12.4 Å². The van der Waals surface area contributed by atoms with Crippen LogP contribution in [0, 0.1) is 13.8 Å². The number of aromatic amines is 1. The SMILES string of the molecule is CCCCc1c(C)[nH]n(-c2nc(C)c(C(=O)Nc3cccc(OC)c3)s2)c1=O. The van der Waals surface area contributed by atoms with Crippen LogP contribution in [0.25, 0.3) is 5.13 Å². The van der Waals surface area contributed by atoms with Crippen molar-refractivity contribution in [3.05, 3.63) is 56.4 Å². The number of nitrogens with zero attached hydrogens (tertiary/aromatic N) is 2. The van der Waals surface area contributed by atoms with Crippen molar-refractivity contribution in [3.8, 4) is 10.9 Å². The Kier molecular flexibility index (Phi) is 5.99. The van der Waals surface area contributed by atoms with E-state index < -0.39 is 0 Å². The van der Waals surface area contributed by atoms with Gasteiger partial charge in [-0.15, -0.1) is 0 Å². The summed E-state index contributed by atoms with van der Waals surface area (Å²) in [7, 11) is 1.57. The van der Waals surface area contributed by atoms with Gasteiger partial charge in [-0.05, 0) is 38.8 Å². The number of nitrogens with one attached hydrogen (secondary N) is 2. The van der Waals surface area contributed by atoms with Crippen molar-refractivity contribution in [2.45, 2.75) is 40.0 Å². The summed E-state index contributed by atoms with van der Waals surface area (Å²) in [5.74, 6) is 0.393. The average Bonchev–Trinajstić information content (AvgIpc) is 3.20. The number of carbonyl (C=O) groups is 1. The zero-order valence-corrected chi connectivity index (χ0v) is 17.3. The lowest BCUT2D eigenvalue weighted by Crippen LogP contribution is -2.17. The van der Waals surface area contributed by atoms with E-state index in [1.807, 2.05) is 13.0 Å². The van der Waals surface area contributed by atoms with E-state index in [0.29, 0.717) is 27.1 Å². The summed E-state index contributed by atoms with van der Waals surface area (Å²) < 4.78 is 6.61. The van der Waals surface area contributed by atoms with Gasteiger partial charge in [0.2, 0.25) is 5.13 Å². The first-order chi connectivity index (χ1) is 13.4. The molecule has 1 amide bonds. The lowest BCUT2D eigenvalue weighted by atomic mass is 10.1. The first-order valence-corrected chi connectivity index (χ1v) is 10.00. The molecule has 2 heterocycles. The van der Waals surface area contributed by atoms with Gasteiger partial charge in [0.15, 0.2) is 0 Å². The summed E-state index contributed by atoms with van der Waals surface area (Å²) in [6, 6.07) is 7.14. The third kappa shape index (κ3) is 4.01. The number of benzene rings is 1. The number of hydrogen-bond acceptors (Lipinski definition) is 5. The lowest BCUT2D eigenvalue weighted by Gasteiger charge is -2.06. The van der Waals surface area contributed by atoms with Gasteiger partial charge < -0.3 is 10.1 Å². The molecule has 1 aromatic carbocycles. The quantitative estimate of drug-likeness (QED) is 0.631. The van der Waals surface area contributed by atoms with Gasteiger partial charge in [0.1, 0.15) is 10.6 Å². The topological polar surface area (TPSA) is 89.0 Å². The highest BCUT2D eigenvalue weighted by Gasteiger charge is 2.20. The van der Waals surface area contributed by atoms with E-state index in [4.69, 9.17) is 4.74 Å². The summed E-state index contributed by atoms with van der Waals surface area (Å²) in [4.78, 5) is 30.3. The van der Waals surface area contributed by atoms with E-state index >= 15 is 0 Å². The van der Waals surface area contributed by atoms with Gasteiger partial charge in [0.05, 0.1) is 12.8 Å². The van der Waals surface area contributed by atoms with Crippen LogP contribution in [-0.2, 0) is 6.42 Å². The zero-order chi connectivity index (χ0) is 20.3. The van der Waals surface area contributed by atoms with E-state index in [1.54, 1.807) is 32.2 Å². The predicted molar refractivity (Wildman–Crippen MR) is 111 cm³/mol. The molecule has 0 spiro atoms. The second kappa shape index (κ2) is 8.43. The molecule has 0 aliphatic carbocycles. The molecule has 0 saturated carbocycles. The fourth-order valence-electron chi connectivity index (χ4n) is 2.94. The molecule has 3 aromatic rings. The molecule has 0 aliphatic heterocycles. The van der Waals surface area contributed by atoms with Gasteiger partial charge in [-0.2, -0.15) is 4.68 Å². The Morgan fingerprint density at radius 1 is 1.36 bits per heavy atom. The molecule has 3 rings (SSSR count). The summed E-state index contributed by atoms with van der Waals surface area (Å²) >= 11 is 1.19.